The van der Waals surface area contributed by atoms with E-state index in [1.54, 1.807) is 19.2 Å². The van der Waals surface area contributed by atoms with Crippen LogP contribution in [0.5, 0.6) is 23.0 Å². The molecule has 0 saturated carbocycles. The summed E-state index contributed by atoms with van der Waals surface area (Å²) in [6.07, 6.45) is 0.743. The molecule has 7 nitrogen and oxygen atoms in total. The molecule has 3 rings (SSSR count). The van der Waals surface area contributed by atoms with Crippen LogP contribution in [0, 0.1) is 0 Å². The summed E-state index contributed by atoms with van der Waals surface area (Å²) in [6, 6.07) is 19.0. The number of nitrogens with one attached hydrogen (secondary N) is 1. The van der Waals surface area contributed by atoms with E-state index in [9.17, 15) is 9.59 Å². The van der Waals surface area contributed by atoms with Crippen LogP contribution in [0.4, 0.5) is 0 Å². The summed E-state index contributed by atoms with van der Waals surface area (Å²) in [5.74, 6) is 1.42. The Morgan fingerprint density at radius 2 is 1.64 bits per heavy atom. The second-order valence-corrected chi connectivity index (χ2v) is 8.27. The van der Waals surface area contributed by atoms with E-state index in [1.165, 1.54) is 14.0 Å². The number of hydrogen-bond acceptors (Lipinski definition) is 6. The topological polar surface area (TPSA) is 83.1 Å². The predicted molar refractivity (Wildman–Crippen MR) is 138 cm³/mol. The van der Waals surface area contributed by atoms with Crippen LogP contribution in [-0.4, -0.2) is 32.6 Å². The van der Waals surface area contributed by atoms with Gasteiger partial charge in [-0.1, -0.05) is 42.5 Å². The lowest BCUT2D eigenvalue weighted by Gasteiger charge is -2.16. The fourth-order valence-corrected chi connectivity index (χ4v) is 4.02. The average molecular weight is 512 g/mol. The number of rotatable bonds is 12. The zero-order valence-corrected chi connectivity index (χ0v) is 21.4. The molecule has 0 aromatic heterocycles. The molecule has 0 aliphatic rings. The highest BCUT2D eigenvalue weighted by Gasteiger charge is 2.18. The molecule has 0 spiro atoms. The third-order valence-electron chi connectivity index (χ3n) is 5.46. The molecule has 0 radical (unpaired) electrons. The summed E-state index contributed by atoms with van der Waals surface area (Å²) in [4.78, 5) is 23.9. The van der Waals surface area contributed by atoms with Crippen molar-refractivity contribution in [1.29, 1.82) is 0 Å². The summed E-state index contributed by atoms with van der Waals surface area (Å²) in [5.41, 5.74) is 3.40. The van der Waals surface area contributed by atoms with Gasteiger partial charge in [0.2, 0.25) is 5.91 Å². The molecule has 0 saturated heterocycles. The Morgan fingerprint density at radius 3 is 2.31 bits per heavy atom. The van der Waals surface area contributed by atoms with Crippen LogP contribution >= 0.6 is 11.6 Å². The van der Waals surface area contributed by atoms with Crippen molar-refractivity contribution in [2.75, 3.05) is 20.8 Å². The van der Waals surface area contributed by atoms with E-state index in [2.05, 4.69) is 5.32 Å². The molecule has 0 unspecified atom stereocenters. The largest absolute Gasteiger partial charge is 0.493 e. The molecule has 36 heavy (non-hydrogen) atoms. The van der Waals surface area contributed by atoms with E-state index < -0.39 is 5.97 Å². The highest BCUT2D eigenvalue weighted by Crippen LogP contribution is 2.35. The van der Waals surface area contributed by atoms with E-state index in [1.807, 2.05) is 48.5 Å². The van der Waals surface area contributed by atoms with Gasteiger partial charge in [0.15, 0.2) is 23.0 Å². The van der Waals surface area contributed by atoms with Gasteiger partial charge < -0.3 is 24.3 Å². The van der Waals surface area contributed by atoms with Crippen molar-refractivity contribution in [2.24, 2.45) is 0 Å². The fourth-order valence-electron chi connectivity index (χ4n) is 3.72. The Balaban J connectivity index is 1.57. The quantitative estimate of drug-likeness (QED) is 0.213. The molecule has 0 bridgehead atoms. The first-order valence-electron chi connectivity index (χ1n) is 11.5. The Morgan fingerprint density at radius 1 is 0.889 bits per heavy atom. The number of carbonyl (C=O) groups is 2. The van der Waals surface area contributed by atoms with E-state index in [4.69, 9.17) is 30.5 Å². The second-order valence-electron chi connectivity index (χ2n) is 8.00. The standard InChI is InChI=1S/C28H30ClNO6/c1-19(31)36-25-12-10-22(23(17-29)28(25)34-3)16-27(32)30-14-13-20-9-11-24(26(15-20)33-2)35-18-21-7-5-4-6-8-21/h4-12,15H,13-14,16-18H2,1-3H3,(H,30,32). The Labute approximate surface area is 216 Å². The van der Waals surface area contributed by atoms with Crippen molar-refractivity contribution in [3.05, 3.63) is 82.9 Å². The molecule has 0 aliphatic heterocycles. The molecule has 3 aromatic rings. The molecule has 0 atom stereocenters. The lowest BCUT2D eigenvalue weighted by Crippen LogP contribution is -2.27. The van der Waals surface area contributed by atoms with Gasteiger partial charge in [-0.05, 0) is 41.3 Å². The Kier molecular flexibility index (Phi) is 10.0. The molecule has 0 fully saturated rings. The number of ether oxygens (including phenoxy) is 4. The first-order valence-corrected chi connectivity index (χ1v) is 12.0. The molecule has 190 valence electrons. The van der Waals surface area contributed by atoms with Crippen molar-refractivity contribution in [2.45, 2.75) is 32.3 Å². The van der Waals surface area contributed by atoms with Crippen LogP contribution in [0.3, 0.4) is 0 Å². The maximum atomic E-state index is 12.6. The highest BCUT2D eigenvalue weighted by molar-refractivity contribution is 6.17. The Bertz CT molecular complexity index is 1180. The maximum absolute atomic E-state index is 12.6. The predicted octanol–water partition coefficient (Wildman–Crippen LogP) is 4.85. The third-order valence-corrected chi connectivity index (χ3v) is 5.73. The number of carbonyl (C=O) groups excluding carboxylic acids is 2. The molecule has 0 heterocycles. The van der Waals surface area contributed by atoms with Gasteiger partial charge in [-0.25, -0.2) is 0 Å². The SMILES string of the molecule is COc1cc(CCNC(=O)Cc2ccc(OC(C)=O)c(OC)c2CCl)ccc1OCc1ccccc1. The van der Waals surface area contributed by atoms with E-state index in [-0.39, 0.29) is 24.0 Å². The smallest absolute Gasteiger partial charge is 0.308 e. The first kappa shape index (κ1) is 26.9. The average Bonchev–Trinajstić information content (AvgIpc) is 2.88. The minimum atomic E-state index is -0.466. The molecular weight excluding hydrogens is 482 g/mol. The summed E-state index contributed by atoms with van der Waals surface area (Å²) < 4.78 is 22.0. The van der Waals surface area contributed by atoms with Gasteiger partial charge in [0.05, 0.1) is 26.5 Å². The lowest BCUT2D eigenvalue weighted by molar-refractivity contribution is -0.132. The normalized spacial score (nSPS) is 10.4. The van der Waals surface area contributed by atoms with Gasteiger partial charge in [0.25, 0.3) is 0 Å². The van der Waals surface area contributed by atoms with Gasteiger partial charge in [0, 0.05) is 19.0 Å². The summed E-state index contributed by atoms with van der Waals surface area (Å²) in [7, 11) is 3.07. The zero-order chi connectivity index (χ0) is 25.9. The summed E-state index contributed by atoms with van der Waals surface area (Å²) in [5, 5.41) is 2.93. The van der Waals surface area contributed by atoms with E-state index >= 15 is 0 Å². The second kappa shape index (κ2) is 13.4. The Hall–Kier alpha value is -3.71. The molecule has 1 N–H and O–H groups in total. The molecular formula is C28H30ClNO6. The third kappa shape index (κ3) is 7.39. The number of methoxy groups -OCH3 is 2. The zero-order valence-electron chi connectivity index (χ0n) is 20.6. The van der Waals surface area contributed by atoms with Crippen molar-refractivity contribution >= 4 is 23.5 Å². The minimum absolute atomic E-state index is 0.110. The number of alkyl halides is 1. The summed E-state index contributed by atoms with van der Waals surface area (Å²) in [6.45, 7) is 2.21. The van der Waals surface area contributed by atoms with Crippen LogP contribution in [0.1, 0.15) is 29.2 Å². The van der Waals surface area contributed by atoms with Gasteiger partial charge in [-0.15, -0.1) is 11.6 Å². The molecule has 0 aliphatic carbocycles. The number of esters is 1. The van der Waals surface area contributed by atoms with Crippen molar-refractivity contribution in [1.82, 2.24) is 5.32 Å². The number of benzene rings is 3. The van der Waals surface area contributed by atoms with Gasteiger partial charge in [-0.2, -0.15) is 0 Å². The van der Waals surface area contributed by atoms with Crippen LogP contribution in [0.15, 0.2) is 60.7 Å². The first-order chi connectivity index (χ1) is 17.4. The highest BCUT2D eigenvalue weighted by atomic mass is 35.5. The van der Waals surface area contributed by atoms with Crippen molar-refractivity contribution < 1.29 is 28.5 Å². The molecule has 3 aromatic carbocycles. The van der Waals surface area contributed by atoms with Crippen LogP contribution in [-0.2, 0) is 34.9 Å². The summed E-state index contributed by atoms with van der Waals surface area (Å²) >= 11 is 6.12. The monoisotopic (exact) mass is 511 g/mol. The fraction of sp³-hybridized carbons (Fsp3) is 0.286. The van der Waals surface area contributed by atoms with Crippen LogP contribution in [0.25, 0.3) is 0 Å². The van der Waals surface area contributed by atoms with Crippen LogP contribution in [0.2, 0.25) is 0 Å². The van der Waals surface area contributed by atoms with Crippen molar-refractivity contribution in [3.63, 3.8) is 0 Å². The van der Waals surface area contributed by atoms with Crippen LogP contribution < -0.4 is 24.3 Å². The van der Waals surface area contributed by atoms with Gasteiger partial charge >= 0.3 is 5.97 Å². The van der Waals surface area contributed by atoms with Gasteiger partial charge in [0.1, 0.15) is 6.61 Å². The van der Waals surface area contributed by atoms with Crippen molar-refractivity contribution in [3.8, 4) is 23.0 Å². The maximum Gasteiger partial charge on any atom is 0.308 e. The molecule has 1 amide bonds. The number of amides is 1. The number of halogens is 1. The molecule has 8 heteroatoms. The van der Waals surface area contributed by atoms with E-state index in [0.29, 0.717) is 47.9 Å². The van der Waals surface area contributed by atoms with Gasteiger partial charge in [-0.3, -0.25) is 9.59 Å². The number of hydrogen-bond donors (Lipinski definition) is 1. The minimum Gasteiger partial charge on any atom is -0.493 e. The lowest BCUT2D eigenvalue weighted by atomic mass is 10.0. The van der Waals surface area contributed by atoms with E-state index in [0.717, 1.165) is 11.1 Å².